The maximum atomic E-state index is 12.5. The highest BCUT2D eigenvalue weighted by molar-refractivity contribution is 6.00. The third-order valence-electron chi connectivity index (χ3n) is 6.23. The molecule has 0 bridgehead atoms. The van der Waals surface area contributed by atoms with Crippen LogP contribution in [0.25, 0.3) is 21.9 Å². The molecule has 0 saturated carbocycles. The number of nitrogens with one attached hydrogen (secondary N) is 1. The number of carbonyl (C=O) groups excluding carboxylic acids is 2. The number of ether oxygens (including phenoxy) is 2. The van der Waals surface area contributed by atoms with E-state index >= 15 is 0 Å². The van der Waals surface area contributed by atoms with Crippen LogP contribution in [-0.2, 0) is 20.9 Å². The van der Waals surface area contributed by atoms with Gasteiger partial charge < -0.3 is 20.5 Å². The van der Waals surface area contributed by atoms with Crippen molar-refractivity contribution in [1.29, 1.82) is 0 Å². The van der Waals surface area contributed by atoms with Crippen molar-refractivity contribution in [3.05, 3.63) is 102 Å². The summed E-state index contributed by atoms with van der Waals surface area (Å²) < 4.78 is 11.0. The topological polar surface area (TPSA) is 90.7 Å². The fourth-order valence-electron chi connectivity index (χ4n) is 4.13. The second-order valence-electron chi connectivity index (χ2n) is 9.58. The summed E-state index contributed by atoms with van der Waals surface area (Å²) in [6, 6.07) is 29.6. The first-order chi connectivity index (χ1) is 17.8. The summed E-state index contributed by atoms with van der Waals surface area (Å²) in [5, 5.41) is 4.98. The number of carbonyl (C=O) groups is 2. The Morgan fingerprint density at radius 3 is 2.13 bits per heavy atom. The molecule has 6 nitrogen and oxygen atoms in total. The quantitative estimate of drug-likeness (QED) is 0.259. The summed E-state index contributed by atoms with van der Waals surface area (Å²) in [6.45, 7) is 3.74. The summed E-state index contributed by atoms with van der Waals surface area (Å²) in [6.07, 6.45) is 0.00798. The highest BCUT2D eigenvalue weighted by Crippen LogP contribution is 2.35. The number of amides is 1. The molecule has 0 saturated heterocycles. The first-order valence-corrected chi connectivity index (χ1v) is 12.2. The Kier molecular flexibility index (Phi) is 9.50. The predicted octanol–water partition coefficient (Wildman–Crippen LogP) is 5.97. The van der Waals surface area contributed by atoms with E-state index in [4.69, 9.17) is 15.2 Å². The van der Waals surface area contributed by atoms with Crippen LogP contribution >= 0.6 is 12.4 Å². The number of benzene rings is 4. The molecule has 38 heavy (non-hydrogen) atoms. The van der Waals surface area contributed by atoms with Crippen LogP contribution in [-0.4, -0.2) is 24.5 Å². The molecular weight excluding hydrogens is 500 g/mol. The lowest BCUT2D eigenvalue weighted by atomic mass is 9.94. The zero-order valence-corrected chi connectivity index (χ0v) is 22.6. The van der Waals surface area contributed by atoms with Crippen LogP contribution in [0.2, 0.25) is 0 Å². The summed E-state index contributed by atoms with van der Waals surface area (Å²) in [5.74, 6) is 0.0638. The van der Waals surface area contributed by atoms with E-state index in [0.29, 0.717) is 6.61 Å². The van der Waals surface area contributed by atoms with Crippen molar-refractivity contribution in [1.82, 2.24) is 5.32 Å². The van der Waals surface area contributed by atoms with Gasteiger partial charge in [-0.15, -0.1) is 12.4 Å². The van der Waals surface area contributed by atoms with E-state index in [1.807, 2.05) is 72.8 Å². The van der Waals surface area contributed by atoms with E-state index in [1.165, 1.54) is 7.11 Å². The van der Waals surface area contributed by atoms with Gasteiger partial charge in [-0.25, -0.2) is 0 Å². The maximum absolute atomic E-state index is 12.5. The molecule has 4 aromatic rings. The van der Waals surface area contributed by atoms with Crippen LogP contribution in [0.4, 0.5) is 0 Å². The van der Waals surface area contributed by atoms with Crippen molar-refractivity contribution in [2.45, 2.75) is 38.5 Å². The molecule has 0 aliphatic heterocycles. The average molecular weight is 533 g/mol. The molecule has 0 unspecified atom stereocenters. The third kappa shape index (κ3) is 6.91. The molecular formula is C31H33ClN2O4. The van der Waals surface area contributed by atoms with Gasteiger partial charge in [-0.2, -0.15) is 0 Å². The molecule has 0 fully saturated rings. The van der Waals surface area contributed by atoms with Gasteiger partial charge in [-0.05, 0) is 47.6 Å². The standard InChI is InChI=1S/C31H32N2O4.ClH/c1-31(2,32)30(35)33-27(19-29(34)36-3)23-15-13-22(14-16-23)24-17-18-28(26-12-8-7-11-25(24)26)37-20-21-9-5-4-6-10-21;/h4-18,27H,19-20,32H2,1-3H3,(H,33,35);1H/t27-;/m0./s1. The minimum absolute atomic E-state index is 0. The average Bonchev–Trinajstić information content (AvgIpc) is 2.91. The van der Waals surface area contributed by atoms with Crippen LogP contribution in [0.1, 0.15) is 37.4 Å². The van der Waals surface area contributed by atoms with E-state index < -0.39 is 17.6 Å². The van der Waals surface area contributed by atoms with E-state index in [-0.39, 0.29) is 24.7 Å². The Balaban J connectivity index is 0.00000400. The molecule has 0 spiro atoms. The Morgan fingerprint density at radius 1 is 0.868 bits per heavy atom. The first kappa shape index (κ1) is 28.7. The van der Waals surface area contributed by atoms with Crippen LogP contribution in [0, 0.1) is 0 Å². The molecule has 4 aromatic carbocycles. The highest BCUT2D eigenvalue weighted by Gasteiger charge is 2.27. The van der Waals surface area contributed by atoms with Crippen LogP contribution in [0.15, 0.2) is 91.0 Å². The van der Waals surface area contributed by atoms with Gasteiger partial charge in [-0.1, -0.05) is 84.9 Å². The number of esters is 1. The number of hydrogen-bond donors (Lipinski definition) is 2. The molecule has 4 rings (SSSR count). The van der Waals surface area contributed by atoms with Gasteiger partial charge in [-0.3, -0.25) is 9.59 Å². The molecule has 0 radical (unpaired) electrons. The fourth-order valence-corrected chi connectivity index (χ4v) is 4.13. The lowest BCUT2D eigenvalue weighted by Crippen LogP contribution is -2.50. The minimum Gasteiger partial charge on any atom is -0.488 e. The monoisotopic (exact) mass is 532 g/mol. The largest absolute Gasteiger partial charge is 0.488 e. The zero-order chi connectivity index (χ0) is 26.4. The summed E-state index contributed by atoms with van der Waals surface area (Å²) in [5.41, 5.74) is 8.85. The number of rotatable bonds is 9. The van der Waals surface area contributed by atoms with Crippen molar-refractivity contribution in [3.8, 4) is 16.9 Å². The van der Waals surface area contributed by atoms with E-state index in [2.05, 4.69) is 23.5 Å². The fraction of sp³-hybridized carbons (Fsp3) is 0.226. The molecule has 0 aliphatic carbocycles. The van der Waals surface area contributed by atoms with Crippen LogP contribution in [0.3, 0.4) is 0 Å². The second-order valence-corrected chi connectivity index (χ2v) is 9.58. The van der Waals surface area contributed by atoms with Crippen molar-refractivity contribution in [2.75, 3.05) is 7.11 Å². The summed E-state index contributed by atoms with van der Waals surface area (Å²) in [7, 11) is 1.33. The number of fused-ring (bicyclic) bond motifs is 1. The molecule has 1 amide bonds. The Hall–Kier alpha value is -3.87. The maximum Gasteiger partial charge on any atom is 0.307 e. The number of hydrogen-bond acceptors (Lipinski definition) is 5. The second kappa shape index (κ2) is 12.6. The summed E-state index contributed by atoms with van der Waals surface area (Å²) in [4.78, 5) is 24.5. The Labute approximate surface area is 229 Å². The van der Waals surface area contributed by atoms with Gasteiger partial charge in [0, 0.05) is 5.39 Å². The van der Waals surface area contributed by atoms with Crippen molar-refractivity contribution in [3.63, 3.8) is 0 Å². The van der Waals surface area contributed by atoms with Crippen molar-refractivity contribution in [2.24, 2.45) is 5.73 Å². The lowest BCUT2D eigenvalue weighted by Gasteiger charge is -2.24. The predicted molar refractivity (Wildman–Crippen MR) is 153 cm³/mol. The van der Waals surface area contributed by atoms with Crippen LogP contribution in [0.5, 0.6) is 5.75 Å². The minimum atomic E-state index is -1.07. The highest BCUT2D eigenvalue weighted by atomic mass is 35.5. The zero-order valence-electron chi connectivity index (χ0n) is 21.8. The Morgan fingerprint density at radius 2 is 1.50 bits per heavy atom. The van der Waals surface area contributed by atoms with Gasteiger partial charge >= 0.3 is 5.97 Å². The van der Waals surface area contributed by atoms with E-state index in [1.54, 1.807) is 13.8 Å². The smallest absolute Gasteiger partial charge is 0.307 e. The van der Waals surface area contributed by atoms with Gasteiger partial charge in [0.25, 0.3) is 0 Å². The van der Waals surface area contributed by atoms with Crippen LogP contribution < -0.4 is 15.8 Å². The molecule has 198 valence electrons. The molecule has 7 heteroatoms. The lowest BCUT2D eigenvalue weighted by molar-refractivity contribution is -0.141. The van der Waals surface area contributed by atoms with Gasteiger partial charge in [0.2, 0.25) is 5.91 Å². The van der Waals surface area contributed by atoms with E-state index in [9.17, 15) is 9.59 Å². The van der Waals surface area contributed by atoms with Gasteiger partial charge in [0.05, 0.1) is 25.1 Å². The van der Waals surface area contributed by atoms with Gasteiger partial charge in [0.15, 0.2) is 0 Å². The molecule has 1 atom stereocenters. The number of halogens is 1. The number of methoxy groups -OCH3 is 1. The Bertz CT molecular complexity index is 1380. The third-order valence-corrected chi connectivity index (χ3v) is 6.23. The normalized spacial score (nSPS) is 11.8. The molecule has 0 aromatic heterocycles. The summed E-state index contributed by atoms with van der Waals surface area (Å²) >= 11 is 0. The van der Waals surface area contributed by atoms with Crippen molar-refractivity contribution >= 4 is 35.1 Å². The first-order valence-electron chi connectivity index (χ1n) is 12.2. The SMILES string of the molecule is COC(=O)C[C@H](NC(=O)C(C)(C)N)c1ccc(-c2ccc(OCc3ccccc3)c3ccccc23)cc1.Cl. The molecule has 0 heterocycles. The van der Waals surface area contributed by atoms with Gasteiger partial charge in [0.1, 0.15) is 12.4 Å². The molecule has 3 N–H and O–H groups in total. The van der Waals surface area contributed by atoms with E-state index in [0.717, 1.165) is 38.8 Å². The molecule has 0 aliphatic rings. The number of nitrogens with two attached hydrogens (primary N) is 1. The van der Waals surface area contributed by atoms with Crippen molar-refractivity contribution < 1.29 is 19.1 Å².